The Morgan fingerprint density at radius 3 is 2.84 bits per heavy atom. The van der Waals surface area contributed by atoms with E-state index in [4.69, 9.17) is 5.11 Å². The number of carboxylic acid groups (broad SMARTS) is 1. The molecule has 0 aliphatic rings. The van der Waals surface area contributed by atoms with Crippen molar-refractivity contribution in [3.05, 3.63) is 23.3 Å². The molecule has 0 saturated carbocycles. The lowest BCUT2D eigenvalue weighted by atomic mass is 10.1. The summed E-state index contributed by atoms with van der Waals surface area (Å²) in [5.74, 6) is -0.449. The molecule has 3 N–H and O–H groups in total. The highest BCUT2D eigenvalue weighted by Crippen LogP contribution is 2.31. The fourth-order valence-corrected chi connectivity index (χ4v) is 2.22. The maximum Gasteiger partial charge on any atom is 0.313 e. The van der Waals surface area contributed by atoms with Gasteiger partial charge in [0.2, 0.25) is 5.16 Å². The summed E-state index contributed by atoms with van der Waals surface area (Å²) in [4.78, 5) is 14.6. The van der Waals surface area contributed by atoms with Crippen LogP contribution in [0.2, 0.25) is 0 Å². The van der Waals surface area contributed by atoms with Crippen molar-refractivity contribution in [3.63, 3.8) is 0 Å². The molecule has 0 amide bonds. The lowest BCUT2D eigenvalue weighted by Crippen LogP contribution is -1.97. The van der Waals surface area contributed by atoms with Crippen LogP contribution in [0.15, 0.2) is 17.3 Å². The topological polar surface area (TPSA) is 99.1 Å². The lowest BCUT2D eigenvalue weighted by Gasteiger charge is -2.05. The number of aromatic hydroxyl groups is 1. The van der Waals surface area contributed by atoms with E-state index in [9.17, 15) is 9.90 Å². The Kier molecular flexibility index (Phi) is 3.75. The van der Waals surface area contributed by atoms with Crippen LogP contribution in [0.25, 0.3) is 11.4 Å². The van der Waals surface area contributed by atoms with Crippen LogP contribution in [0.5, 0.6) is 5.75 Å². The highest BCUT2D eigenvalue weighted by molar-refractivity contribution is 7.99. The fourth-order valence-electron chi connectivity index (χ4n) is 1.70. The number of phenolic OH excluding ortho intramolecular Hbond substituents is 1. The van der Waals surface area contributed by atoms with Crippen LogP contribution >= 0.6 is 11.8 Å². The third kappa shape index (κ3) is 3.05. The van der Waals surface area contributed by atoms with Crippen molar-refractivity contribution in [1.82, 2.24) is 15.2 Å². The third-order valence-corrected chi connectivity index (χ3v) is 3.32. The van der Waals surface area contributed by atoms with E-state index >= 15 is 0 Å². The summed E-state index contributed by atoms with van der Waals surface area (Å²) >= 11 is 1.02. The van der Waals surface area contributed by atoms with Crippen molar-refractivity contribution in [2.45, 2.75) is 19.0 Å². The minimum atomic E-state index is -0.925. The maximum atomic E-state index is 10.5. The SMILES string of the molecule is Cc1cc(C)c(O)c(-c2nc(SCC(=O)O)n[nH]2)c1. The normalized spacial score (nSPS) is 10.6. The molecule has 2 aromatic rings. The van der Waals surface area contributed by atoms with Gasteiger partial charge in [-0.1, -0.05) is 17.8 Å². The smallest absolute Gasteiger partial charge is 0.313 e. The van der Waals surface area contributed by atoms with Crippen LogP contribution in [0.1, 0.15) is 11.1 Å². The Hall–Kier alpha value is -2.02. The molecule has 0 aliphatic carbocycles. The van der Waals surface area contributed by atoms with Gasteiger partial charge in [0.15, 0.2) is 5.82 Å². The second-order valence-corrected chi connectivity index (χ2v) is 5.07. The molecule has 0 radical (unpaired) electrons. The standard InChI is InChI=1S/C12H13N3O3S/c1-6-3-7(2)10(18)8(4-6)11-13-12(15-14-11)19-5-9(16)17/h3-4,18H,5H2,1-2H3,(H,16,17)(H,13,14,15). The van der Waals surface area contributed by atoms with Gasteiger partial charge < -0.3 is 10.2 Å². The number of carbonyl (C=O) groups is 1. The van der Waals surface area contributed by atoms with Crippen molar-refractivity contribution in [3.8, 4) is 17.1 Å². The highest BCUT2D eigenvalue weighted by Gasteiger charge is 2.13. The average Bonchev–Trinajstić information content (AvgIpc) is 2.79. The Balaban J connectivity index is 2.30. The Labute approximate surface area is 113 Å². The van der Waals surface area contributed by atoms with Crippen molar-refractivity contribution in [2.24, 2.45) is 0 Å². The summed E-state index contributed by atoms with van der Waals surface area (Å²) in [5.41, 5.74) is 2.32. The van der Waals surface area contributed by atoms with Crippen molar-refractivity contribution >= 4 is 17.7 Å². The molecule has 100 valence electrons. The molecule has 1 aromatic heterocycles. The number of hydrogen-bond acceptors (Lipinski definition) is 5. The third-order valence-electron chi connectivity index (χ3n) is 2.49. The highest BCUT2D eigenvalue weighted by atomic mass is 32.2. The molecule has 6 nitrogen and oxygen atoms in total. The van der Waals surface area contributed by atoms with E-state index in [1.165, 1.54) is 0 Å². The van der Waals surface area contributed by atoms with Crippen LogP contribution < -0.4 is 0 Å². The van der Waals surface area contributed by atoms with Gasteiger partial charge in [-0.2, -0.15) is 0 Å². The number of aryl methyl sites for hydroxylation is 2. The molecule has 0 atom stereocenters. The van der Waals surface area contributed by atoms with E-state index in [-0.39, 0.29) is 11.5 Å². The summed E-state index contributed by atoms with van der Waals surface area (Å²) < 4.78 is 0. The first-order chi connectivity index (χ1) is 8.97. The fraction of sp³-hybridized carbons (Fsp3) is 0.250. The molecule has 1 aromatic carbocycles. The number of aliphatic carboxylic acids is 1. The van der Waals surface area contributed by atoms with Crippen LogP contribution in [0.3, 0.4) is 0 Å². The number of phenols is 1. The number of nitrogens with one attached hydrogen (secondary N) is 1. The first kappa shape index (κ1) is 13.4. The zero-order valence-corrected chi connectivity index (χ0v) is 11.3. The number of thioether (sulfide) groups is 1. The first-order valence-electron chi connectivity index (χ1n) is 5.55. The van der Waals surface area contributed by atoms with E-state index < -0.39 is 5.97 Å². The molecule has 19 heavy (non-hydrogen) atoms. The van der Waals surface area contributed by atoms with Gasteiger partial charge in [-0.05, 0) is 31.0 Å². The predicted molar refractivity (Wildman–Crippen MR) is 71.3 cm³/mol. The molecule has 0 spiro atoms. The number of aromatic nitrogens is 3. The zero-order valence-electron chi connectivity index (χ0n) is 10.5. The molecule has 2 rings (SSSR count). The van der Waals surface area contributed by atoms with Gasteiger partial charge in [0.05, 0.1) is 11.3 Å². The largest absolute Gasteiger partial charge is 0.507 e. The number of hydrogen-bond donors (Lipinski definition) is 3. The summed E-state index contributed by atoms with van der Waals surface area (Å²) in [6, 6.07) is 3.67. The predicted octanol–water partition coefficient (Wildman–Crippen LogP) is 1.97. The van der Waals surface area contributed by atoms with Gasteiger partial charge in [0.25, 0.3) is 0 Å². The van der Waals surface area contributed by atoms with E-state index in [0.29, 0.717) is 16.5 Å². The number of aromatic amines is 1. The van der Waals surface area contributed by atoms with E-state index in [0.717, 1.165) is 22.9 Å². The van der Waals surface area contributed by atoms with Crippen LogP contribution in [0, 0.1) is 13.8 Å². The quantitative estimate of drug-likeness (QED) is 0.740. The summed E-state index contributed by atoms with van der Waals surface area (Å²) in [5, 5.41) is 25.6. The second-order valence-electron chi connectivity index (χ2n) is 4.13. The molecule has 0 fully saturated rings. The zero-order chi connectivity index (χ0) is 14.0. The molecular weight excluding hydrogens is 266 g/mol. The molecule has 0 bridgehead atoms. The lowest BCUT2D eigenvalue weighted by molar-refractivity contribution is -0.133. The summed E-state index contributed by atoms with van der Waals surface area (Å²) in [6.45, 7) is 3.73. The van der Waals surface area contributed by atoms with Gasteiger partial charge in [-0.25, -0.2) is 4.98 Å². The van der Waals surface area contributed by atoms with Gasteiger partial charge in [-0.3, -0.25) is 9.89 Å². The van der Waals surface area contributed by atoms with Gasteiger partial charge in [0.1, 0.15) is 5.75 Å². The van der Waals surface area contributed by atoms with Crippen molar-refractivity contribution in [1.29, 1.82) is 0 Å². The maximum absolute atomic E-state index is 10.5. The number of nitrogens with zero attached hydrogens (tertiary/aromatic N) is 2. The van der Waals surface area contributed by atoms with E-state index in [2.05, 4.69) is 15.2 Å². The molecular formula is C12H13N3O3S. The van der Waals surface area contributed by atoms with Gasteiger partial charge in [0, 0.05) is 0 Å². The molecule has 0 unspecified atom stereocenters. The minimum Gasteiger partial charge on any atom is -0.507 e. The molecule has 1 heterocycles. The Morgan fingerprint density at radius 2 is 2.16 bits per heavy atom. The number of carboxylic acids is 1. The van der Waals surface area contributed by atoms with Crippen molar-refractivity contribution < 1.29 is 15.0 Å². The van der Waals surface area contributed by atoms with Crippen LogP contribution in [-0.4, -0.2) is 37.1 Å². The minimum absolute atomic E-state index is 0.101. The van der Waals surface area contributed by atoms with Crippen LogP contribution in [0.4, 0.5) is 0 Å². The van der Waals surface area contributed by atoms with E-state index in [1.54, 1.807) is 6.07 Å². The number of rotatable bonds is 4. The first-order valence-corrected chi connectivity index (χ1v) is 6.53. The monoisotopic (exact) mass is 279 g/mol. The summed E-state index contributed by atoms with van der Waals surface area (Å²) in [7, 11) is 0. The van der Waals surface area contributed by atoms with Gasteiger partial charge >= 0.3 is 5.97 Å². The molecule has 7 heteroatoms. The molecule has 0 aliphatic heterocycles. The Bertz CT molecular complexity index is 625. The molecule has 0 saturated heterocycles. The van der Waals surface area contributed by atoms with E-state index in [1.807, 2.05) is 19.9 Å². The van der Waals surface area contributed by atoms with Crippen LogP contribution in [-0.2, 0) is 4.79 Å². The summed E-state index contributed by atoms with van der Waals surface area (Å²) in [6.07, 6.45) is 0. The van der Waals surface area contributed by atoms with Crippen molar-refractivity contribution in [2.75, 3.05) is 5.75 Å². The van der Waals surface area contributed by atoms with Gasteiger partial charge in [-0.15, -0.1) is 5.10 Å². The average molecular weight is 279 g/mol. The second kappa shape index (κ2) is 5.31. The Morgan fingerprint density at radius 1 is 1.42 bits per heavy atom. The number of H-pyrrole nitrogens is 1. The number of benzene rings is 1.